The standard InChI is InChI=1S/C12H21NO/c14-12-7-8-13-9-11(12)10-5-3-1-2-4-6-10/h5,11-14H,1-4,6-9H2/t11-,12-/m0/s1. The minimum absolute atomic E-state index is 0.0967. The lowest BCUT2D eigenvalue weighted by Gasteiger charge is -2.30. The van der Waals surface area contributed by atoms with E-state index in [1.807, 2.05) is 0 Å². The van der Waals surface area contributed by atoms with E-state index < -0.39 is 0 Å². The first-order valence-corrected chi connectivity index (χ1v) is 5.95. The smallest absolute Gasteiger partial charge is 0.0629 e. The Balaban J connectivity index is 2.00. The number of rotatable bonds is 1. The average Bonchev–Trinajstić information content (AvgIpc) is 2.47. The van der Waals surface area contributed by atoms with Crippen LogP contribution in [0, 0.1) is 5.92 Å². The zero-order valence-corrected chi connectivity index (χ0v) is 8.84. The summed E-state index contributed by atoms with van der Waals surface area (Å²) in [6.45, 7) is 1.96. The number of hydrogen-bond donors (Lipinski definition) is 2. The zero-order chi connectivity index (χ0) is 9.80. The average molecular weight is 195 g/mol. The van der Waals surface area contributed by atoms with Gasteiger partial charge in [0.05, 0.1) is 6.10 Å². The summed E-state index contributed by atoms with van der Waals surface area (Å²) in [7, 11) is 0. The molecular formula is C12H21NO. The molecule has 0 aromatic rings. The van der Waals surface area contributed by atoms with Crippen LogP contribution in [0.1, 0.15) is 38.5 Å². The maximum absolute atomic E-state index is 9.93. The minimum Gasteiger partial charge on any atom is -0.392 e. The lowest BCUT2D eigenvalue weighted by molar-refractivity contribution is 0.0943. The van der Waals surface area contributed by atoms with Crippen molar-refractivity contribution >= 4 is 0 Å². The van der Waals surface area contributed by atoms with E-state index in [0.29, 0.717) is 5.92 Å². The summed E-state index contributed by atoms with van der Waals surface area (Å²) < 4.78 is 0. The second-order valence-corrected chi connectivity index (χ2v) is 4.55. The molecule has 14 heavy (non-hydrogen) atoms. The molecule has 0 saturated carbocycles. The van der Waals surface area contributed by atoms with Crippen molar-refractivity contribution in [3.8, 4) is 0 Å². The number of aliphatic hydroxyl groups is 1. The van der Waals surface area contributed by atoms with Crippen LogP contribution in [0.25, 0.3) is 0 Å². The maximum Gasteiger partial charge on any atom is 0.0629 e. The van der Waals surface area contributed by atoms with Crippen molar-refractivity contribution in [1.29, 1.82) is 0 Å². The molecule has 1 aliphatic carbocycles. The van der Waals surface area contributed by atoms with Crippen LogP contribution in [-0.4, -0.2) is 24.3 Å². The van der Waals surface area contributed by atoms with E-state index in [1.54, 1.807) is 0 Å². The minimum atomic E-state index is -0.0967. The van der Waals surface area contributed by atoms with E-state index in [-0.39, 0.29) is 6.10 Å². The number of nitrogens with one attached hydrogen (secondary N) is 1. The van der Waals surface area contributed by atoms with Crippen molar-refractivity contribution in [3.63, 3.8) is 0 Å². The zero-order valence-electron chi connectivity index (χ0n) is 8.84. The van der Waals surface area contributed by atoms with Gasteiger partial charge in [-0.25, -0.2) is 0 Å². The quantitative estimate of drug-likeness (QED) is 0.626. The number of piperidine rings is 1. The summed E-state index contributed by atoms with van der Waals surface area (Å²) in [6, 6.07) is 0. The number of allylic oxidation sites excluding steroid dienone is 1. The Morgan fingerprint density at radius 2 is 2.21 bits per heavy atom. The summed E-state index contributed by atoms with van der Waals surface area (Å²) >= 11 is 0. The summed E-state index contributed by atoms with van der Waals surface area (Å²) in [4.78, 5) is 0. The largest absolute Gasteiger partial charge is 0.392 e. The van der Waals surface area contributed by atoms with E-state index >= 15 is 0 Å². The Labute approximate surface area is 86.4 Å². The third-order valence-electron chi connectivity index (χ3n) is 3.50. The second-order valence-electron chi connectivity index (χ2n) is 4.55. The second kappa shape index (κ2) is 4.94. The molecule has 0 aromatic carbocycles. The molecule has 0 bridgehead atoms. The van der Waals surface area contributed by atoms with Gasteiger partial charge in [0, 0.05) is 12.5 Å². The van der Waals surface area contributed by atoms with Crippen LogP contribution >= 0.6 is 0 Å². The highest BCUT2D eigenvalue weighted by molar-refractivity contribution is 5.11. The van der Waals surface area contributed by atoms with Gasteiger partial charge >= 0.3 is 0 Å². The molecule has 1 fully saturated rings. The summed E-state index contributed by atoms with van der Waals surface area (Å²) in [5.74, 6) is 0.404. The van der Waals surface area contributed by atoms with Crippen LogP contribution in [0.4, 0.5) is 0 Å². The lowest BCUT2D eigenvalue weighted by Crippen LogP contribution is -2.40. The predicted molar refractivity (Wildman–Crippen MR) is 58.2 cm³/mol. The Morgan fingerprint density at radius 1 is 1.29 bits per heavy atom. The highest BCUT2D eigenvalue weighted by Crippen LogP contribution is 2.27. The van der Waals surface area contributed by atoms with Crippen molar-refractivity contribution in [1.82, 2.24) is 5.32 Å². The molecule has 0 radical (unpaired) electrons. The molecule has 2 aliphatic rings. The summed E-state index contributed by atoms with van der Waals surface area (Å²) in [5, 5.41) is 13.3. The van der Waals surface area contributed by atoms with Crippen LogP contribution in [0.2, 0.25) is 0 Å². The molecule has 2 N–H and O–H groups in total. The van der Waals surface area contributed by atoms with Crippen molar-refractivity contribution in [2.75, 3.05) is 13.1 Å². The SMILES string of the molecule is O[C@H]1CCNC[C@H]1C1=CCCCCC1. The maximum atomic E-state index is 9.93. The Bertz CT molecular complexity index is 212. The van der Waals surface area contributed by atoms with Crippen LogP contribution in [0.3, 0.4) is 0 Å². The van der Waals surface area contributed by atoms with E-state index in [1.165, 1.54) is 37.7 Å². The van der Waals surface area contributed by atoms with Gasteiger partial charge in [-0.15, -0.1) is 0 Å². The number of aliphatic hydroxyl groups excluding tert-OH is 1. The molecule has 0 aromatic heterocycles. The van der Waals surface area contributed by atoms with Gasteiger partial charge < -0.3 is 10.4 Å². The van der Waals surface area contributed by atoms with Gasteiger partial charge in [-0.3, -0.25) is 0 Å². The molecule has 2 nitrogen and oxygen atoms in total. The van der Waals surface area contributed by atoms with Gasteiger partial charge in [-0.05, 0) is 38.6 Å². The van der Waals surface area contributed by atoms with E-state index in [4.69, 9.17) is 0 Å². The number of hydrogen-bond acceptors (Lipinski definition) is 2. The fourth-order valence-electron chi connectivity index (χ4n) is 2.60. The molecule has 0 unspecified atom stereocenters. The van der Waals surface area contributed by atoms with E-state index in [0.717, 1.165) is 19.5 Å². The third kappa shape index (κ3) is 2.37. The van der Waals surface area contributed by atoms with Crippen LogP contribution in [0.15, 0.2) is 11.6 Å². The molecular weight excluding hydrogens is 174 g/mol. The molecule has 80 valence electrons. The van der Waals surface area contributed by atoms with Gasteiger partial charge in [0.1, 0.15) is 0 Å². The highest BCUT2D eigenvalue weighted by Gasteiger charge is 2.25. The molecule has 1 heterocycles. The first-order valence-electron chi connectivity index (χ1n) is 5.95. The fraction of sp³-hybridized carbons (Fsp3) is 0.833. The van der Waals surface area contributed by atoms with Gasteiger partial charge in [0.15, 0.2) is 0 Å². The van der Waals surface area contributed by atoms with Crippen molar-refractivity contribution < 1.29 is 5.11 Å². The van der Waals surface area contributed by atoms with Crippen LogP contribution in [-0.2, 0) is 0 Å². The highest BCUT2D eigenvalue weighted by atomic mass is 16.3. The lowest BCUT2D eigenvalue weighted by atomic mass is 9.86. The topological polar surface area (TPSA) is 32.3 Å². The normalized spacial score (nSPS) is 34.8. The molecule has 1 aliphatic heterocycles. The van der Waals surface area contributed by atoms with Crippen molar-refractivity contribution in [2.24, 2.45) is 5.92 Å². The Morgan fingerprint density at radius 3 is 3.07 bits per heavy atom. The van der Waals surface area contributed by atoms with Crippen molar-refractivity contribution in [2.45, 2.75) is 44.6 Å². The predicted octanol–water partition coefficient (Wildman–Crippen LogP) is 1.85. The van der Waals surface area contributed by atoms with Crippen molar-refractivity contribution in [3.05, 3.63) is 11.6 Å². The van der Waals surface area contributed by atoms with Gasteiger partial charge in [-0.2, -0.15) is 0 Å². The fourth-order valence-corrected chi connectivity index (χ4v) is 2.60. The van der Waals surface area contributed by atoms with Gasteiger partial charge in [0.25, 0.3) is 0 Å². The molecule has 2 rings (SSSR count). The first kappa shape index (κ1) is 10.2. The third-order valence-corrected chi connectivity index (χ3v) is 3.50. The molecule has 0 amide bonds. The summed E-state index contributed by atoms with van der Waals surface area (Å²) in [6.07, 6.45) is 9.64. The summed E-state index contributed by atoms with van der Waals surface area (Å²) in [5.41, 5.74) is 1.52. The first-order chi connectivity index (χ1) is 6.88. The van der Waals surface area contributed by atoms with Crippen LogP contribution < -0.4 is 5.32 Å². The Kier molecular flexibility index (Phi) is 3.60. The monoisotopic (exact) mass is 195 g/mol. The van der Waals surface area contributed by atoms with Crippen LogP contribution in [0.5, 0.6) is 0 Å². The van der Waals surface area contributed by atoms with E-state index in [2.05, 4.69) is 11.4 Å². The molecule has 2 atom stereocenters. The molecule has 2 heteroatoms. The molecule has 0 spiro atoms. The van der Waals surface area contributed by atoms with Gasteiger partial charge in [-0.1, -0.05) is 18.1 Å². The van der Waals surface area contributed by atoms with E-state index in [9.17, 15) is 5.11 Å². The Hall–Kier alpha value is -0.340. The van der Waals surface area contributed by atoms with Gasteiger partial charge in [0.2, 0.25) is 0 Å². The molecule has 1 saturated heterocycles.